The van der Waals surface area contributed by atoms with Gasteiger partial charge in [0.15, 0.2) is 0 Å². The second kappa shape index (κ2) is 4.66. The lowest BCUT2D eigenvalue weighted by molar-refractivity contribution is 0.0697. The minimum Gasteiger partial charge on any atom is -0.478 e. The van der Waals surface area contributed by atoms with Crippen molar-refractivity contribution in [3.8, 4) is 0 Å². The van der Waals surface area contributed by atoms with Gasteiger partial charge >= 0.3 is 5.97 Å². The van der Waals surface area contributed by atoms with E-state index in [1.165, 1.54) is 0 Å². The number of methoxy groups -OCH3 is 1. The van der Waals surface area contributed by atoms with Gasteiger partial charge in [-0.3, -0.25) is 0 Å². The van der Waals surface area contributed by atoms with E-state index in [4.69, 9.17) is 9.84 Å². The first-order chi connectivity index (χ1) is 9.20. The Labute approximate surface area is 110 Å². The number of aromatic nitrogens is 2. The largest absolute Gasteiger partial charge is 0.478 e. The number of carboxylic acid groups (broad SMARTS) is 1. The molecule has 1 heterocycles. The van der Waals surface area contributed by atoms with Crippen LogP contribution in [0.15, 0.2) is 24.5 Å². The zero-order valence-electron chi connectivity index (χ0n) is 10.7. The zero-order chi connectivity index (χ0) is 13.4. The monoisotopic (exact) mass is 260 g/mol. The van der Waals surface area contributed by atoms with Crippen LogP contribution in [0.1, 0.15) is 35.7 Å². The van der Waals surface area contributed by atoms with Gasteiger partial charge in [0.25, 0.3) is 0 Å². The summed E-state index contributed by atoms with van der Waals surface area (Å²) in [7, 11) is 1.74. The Kier molecular flexibility index (Phi) is 2.98. The van der Waals surface area contributed by atoms with Gasteiger partial charge in [0.05, 0.1) is 35.1 Å². The fourth-order valence-electron chi connectivity index (χ4n) is 2.93. The van der Waals surface area contributed by atoms with E-state index in [0.29, 0.717) is 6.04 Å². The Morgan fingerprint density at radius 3 is 3.05 bits per heavy atom. The van der Waals surface area contributed by atoms with Crippen molar-refractivity contribution in [3.05, 3.63) is 30.1 Å². The molecule has 1 aromatic carbocycles. The van der Waals surface area contributed by atoms with Crippen LogP contribution in [0.4, 0.5) is 0 Å². The molecule has 2 aromatic rings. The highest BCUT2D eigenvalue weighted by atomic mass is 16.5. The van der Waals surface area contributed by atoms with E-state index in [1.807, 2.05) is 6.07 Å². The maximum Gasteiger partial charge on any atom is 0.335 e. The van der Waals surface area contributed by atoms with Crippen molar-refractivity contribution in [2.24, 2.45) is 0 Å². The second-order valence-corrected chi connectivity index (χ2v) is 4.93. The Morgan fingerprint density at radius 1 is 1.47 bits per heavy atom. The lowest BCUT2D eigenvalue weighted by atomic mass is 10.1. The van der Waals surface area contributed by atoms with Gasteiger partial charge in [-0.05, 0) is 37.5 Å². The number of imidazole rings is 1. The van der Waals surface area contributed by atoms with Gasteiger partial charge in [-0.25, -0.2) is 9.78 Å². The van der Waals surface area contributed by atoms with E-state index >= 15 is 0 Å². The molecule has 2 unspecified atom stereocenters. The van der Waals surface area contributed by atoms with Crippen LogP contribution in [0.25, 0.3) is 11.0 Å². The molecule has 5 nitrogen and oxygen atoms in total. The molecule has 100 valence electrons. The molecule has 1 fully saturated rings. The summed E-state index contributed by atoms with van der Waals surface area (Å²) in [5.74, 6) is -0.924. The molecule has 1 aliphatic carbocycles. The Balaban J connectivity index is 2.03. The summed E-state index contributed by atoms with van der Waals surface area (Å²) in [6.07, 6.45) is 5.30. The molecule has 5 heteroatoms. The van der Waals surface area contributed by atoms with Gasteiger partial charge in [0.2, 0.25) is 0 Å². The molecule has 3 rings (SSSR count). The highest BCUT2D eigenvalue weighted by Crippen LogP contribution is 2.34. The van der Waals surface area contributed by atoms with E-state index in [0.717, 1.165) is 30.3 Å². The summed E-state index contributed by atoms with van der Waals surface area (Å²) in [6.45, 7) is 0. The number of carbonyl (C=O) groups is 1. The smallest absolute Gasteiger partial charge is 0.335 e. The predicted octanol–water partition coefficient (Wildman–Crippen LogP) is 2.47. The number of fused-ring (bicyclic) bond motifs is 1. The summed E-state index contributed by atoms with van der Waals surface area (Å²) in [5, 5.41) is 8.99. The molecule has 0 radical (unpaired) electrons. The first-order valence-corrected chi connectivity index (χ1v) is 6.43. The Hall–Kier alpha value is -1.88. The summed E-state index contributed by atoms with van der Waals surface area (Å²) in [5.41, 5.74) is 1.97. The van der Waals surface area contributed by atoms with E-state index < -0.39 is 5.97 Å². The highest BCUT2D eigenvalue weighted by molar-refractivity contribution is 5.92. The maximum absolute atomic E-state index is 11.0. The number of benzene rings is 1. The standard InChI is InChI=1S/C14H16N2O3/c1-19-13-4-2-3-12(13)16-8-15-10-7-9(14(17)18)5-6-11(10)16/h5-8,12-13H,2-4H2,1H3,(H,17,18). The molecular formula is C14H16N2O3. The van der Waals surface area contributed by atoms with Crippen LogP contribution in [0.3, 0.4) is 0 Å². The van der Waals surface area contributed by atoms with Crippen molar-refractivity contribution in [3.63, 3.8) is 0 Å². The number of nitrogens with zero attached hydrogens (tertiary/aromatic N) is 2. The van der Waals surface area contributed by atoms with Crippen molar-refractivity contribution >= 4 is 17.0 Å². The number of hydrogen-bond donors (Lipinski definition) is 1. The van der Waals surface area contributed by atoms with Crippen molar-refractivity contribution in [1.29, 1.82) is 0 Å². The topological polar surface area (TPSA) is 64.4 Å². The predicted molar refractivity (Wildman–Crippen MR) is 70.4 cm³/mol. The van der Waals surface area contributed by atoms with Crippen LogP contribution < -0.4 is 0 Å². The van der Waals surface area contributed by atoms with E-state index in [-0.39, 0.29) is 11.7 Å². The fourth-order valence-corrected chi connectivity index (χ4v) is 2.93. The average molecular weight is 260 g/mol. The van der Waals surface area contributed by atoms with Gasteiger partial charge in [-0.2, -0.15) is 0 Å². The molecule has 2 atom stereocenters. The fraction of sp³-hybridized carbons (Fsp3) is 0.429. The molecule has 1 saturated carbocycles. The van der Waals surface area contributed by atoms with Gasteiger partial charge in [-0.15, -0.1) is 0 Å². The van der Waals surface area contributed by atoms with Crippen LogP contribution in [-0.4, -0.2) is 33.8 Å². The van der Waals surface area contributed by atoms with Crippen LogP contribution in [-0.2, 0) is 4.74 Å². The lowest BCUT2D eigenvalue weighted by Gasteiger charge is -2.20. The van der Waals surface area contributed by atoms with Gasteiger partial charge in [-0.1, -0.05) is 0 Å². The number of ether oxygens (including phenoxy) is 1. The van der Waals surface area contributed by atoms with Crippen molar-refractivity contribution in [1.82, 2.24) is 9.55 Å². The summed E-state index contributed by atoms with van der Waals surface area (Å²) < 4.78 is 7.63. The molecular weight excluding hydrogens is 244 g/mol. The van der Waals surface area contributed by atoms with Gasteiger partial charge in [0.1, 0.15) is 0 Å². The molecule has 1 aromatic heterocycles. The van der Waals surface area contributed by atoms with Crippen LogP contribution >= 0.6 is 0 Å². The lowest BCUT2D eigenvalue weighted by Crippen LogP contribution is -2.19. The first kappa shape index (κ1) is 12.2. The third kappa shape index (κ3) is 2.00. The summed E-state index contributed by atoms with van der Waals surface area (Å²) in [6, 6.07) is 5.37. The van der Waals surface area contributed by atoms with E-state index in [2.05, 4.69) is 9.55 Å². The van der Waals surface area contributed by atoms with Crippen LogP contribution in [0.5, 0.6) is 0 Å². The third-order valence-corrected chi connectivity index (χ3v) is 3.90. The van der Waals surface area contributed by atoms with Crippen LogP contribution in [0, 0.1) is 0 Å². The normalized spacial score (nSPS) is 23.0. The number of aromatic carboxylic acids is 1. The molecule has 0 aliphatic heterocycles. The molecule has 1 aliphatic rings. The molecule has 19 heavy (non-hydrogen) atoms. The Bertz CT molecular complexity index is 620. The minimum absolute atomic E-state index is 0.219. The number of rotatable bonds is 3. The zero-order valence-corrected chi connectivity index (χ0v) is 10.7. The van der Waals surface area contributed by atoms with Gasteiger partial charge < -0.3 is 14.4 Å². The average Bonchev–Trinajstić information content (AvgIpc) is 3.03. The molecule has 1 N–H and O–H groups in total. The van der Waals surface area contributed by atoms with Crippen molar-refractivity contribution in [2.45, 2.75) is 31.4 Å². The number of carboxylic acids is 1. The first-order valence-electron chi connectivity index (χ1n) is 6.43. The SMILES string of the molecule is COC1CCCC1n1cnc2cc(C(=O)O)ccc21. The van der Waals surface area contributed by atoms with Crippen molar-refractivity contribution < 1.29 is 14.6 Å². The molecule has 0 amide bonds. The quantitative estimate of drug-likeness (QED) is 0.920. The maximum atomic E-state index is 11.0. The molecule has 0 spiro atoms. The Morgan fingerprint density at radius 2 is 2.32 bits per heavy atom. The van der Waals surface area contributed by atoms with Crippen LogP contribution in [0.2, 0.25) is 0 Å². The van der Waals surface area contributed by atoms with Gasteiger partial charge in [0, 0.05) is 7.11 Å². The van der Waals surface area contributed by atoms with E-state index in [9.17, 15) is 4.79 Å². The van der Waals surface area contributed by atoms with E-state index in [1.54, 1.807) is 25.6 Å². The second-order valence-electron chi connectivity index (χ2n) is 4.93. The molecule has 0 saturated heterocycles. The summed E-state index contributed by atoms with van der Waals surface area (Å²) in [4.78, 5) is 15.3. The summed E-state index contributed by atoms with van der Waals surface area (Å²) >= 11 is 0. The number of hydrogen-bond acceptors (Lipinski definition) is 3. The van der Waals surface area contributed by atoms with Crippen molar-refractivity contribution in [2.75, 3.05) is 7.11 Å². The third-order valence-electron chi connectivity index (χ3n) is 3.90. The molecule has 0 bridgehead atoms. The highest BCUT2D eigenvalue weighted by Gasteiger charge is 2.29. The minimum atomic E-state index is -0.924.